The van der Waals surface area contributed by atoms with Crippen LogP contribution < -0.4 is 5.32 Å². The zero-order valence-electron chi connectivity index (χ0n) is 14.5. The predicted molar refractivity (Wildman–Crippen MR) is 98.8 cm³/mol. The maximum absolute atomic E-state index is 5.42. The molecule has 1 aromatic carbocycles. The van der Waals surface area contributed by atoms with E-state index in [1.807, 2.05) is 49.5 Å². The highest BCUT2D eigenvalue weighted by molar-refractivity contribution is 5.79. The SMILES string of the molecule is C=CCCCN(C)C(=NCc1cc(-c2ccccc2)on1)NCC. The summed E-state index contributed by atoms with van der Waals surface area (Å²) in [6.07, 6.45) is 4.01. The van der Waals surface area contributed by atoms with E-state index in [9.17, 15) is 0 Å². The van der Waals surface area contributed by atoms with Crippen LogP contribution in [0.15, 0.2) is 58.6 Å². The lowest BCUT2D eigenvalue weighted by Crippen LogP contribution is -2.39. The fraction of sp³-hybridized carbons (Fsp3) is 0.368. The van der Waals surface area contributed by atoms with E-state index in [1.165, 1.54) is 0 Å². The average Bonchev–Trinajstić information content (AvgIpc) is 3.08. The molecule has 0 aliphatic carbocycles. The summed E-state index contributed by atoms with van der Waals surface area (Å²) in [5.74, 6) is 1.65. The summed E-state index contributed by atoms with van der Waals surface area (Å²) < 4.78 is 5.42. The van der Waals surface area contributed by atoms with Gasteiger partial charge in [0, 0.05) is 31.8 Å². The van der Waals surface area contributed by atoms with Crippen LogP contribution >= 0.6 is 0 Å². The van der Waals surface area contributed by atoms with Crippen molar-refractivity contribution in [2.24, 2.45) is 4.99 Å². The van der Waals surface area contributed by atoms with Crippen LogP contribution in [0.4, 0.5) is 0 Å². The zero-order valence-corrected chi connectivity index (χ0v) is 14.5. The maximum Gasteiger partial charge on any atom is 0.194 e. The standard InChI is InChI=1S/C19H26N4O/c1-4-6-10-13-23(3)19(20-5-2)21-15-17-14-18(24-22-17)16-11-8-7-9-12-16/h4,7-9,11-12,14H,1,5-6,10,13,15H2,2-3H3,(H,20,21). The van der Waals surface area contributed by atoms with Gasteiger partial charge in [-0.3, -0.25) is 0 Å². The van der Waals surface area contributed by atoms with E-state index in [1.54, 1.807) is 0 Å². The molecule has 0 spiro atoms. The molecule has 0 fully saturated rings. The molecule has 0 bridgehead atoms. The number of aromatic nitrogens is 1. The Kier molecular flexibility index (Phi) is 7.08. The minimum Gasteiger partial charge on any atom is -0.357 e. The first kappa shape index (κ1) is 17.8. The molecule has 1 N–H and O–H groups in total. The Hall–Kier alpha value is -2.56. The number of guanidine groups is 1. The van der Waals surface area contributed by atoms with Gasteiger partial charge in [-0.15, -0.1) is 6.58 Å². The van der Waals surface area contributed by atoms with Gasteiger partial charge in [-0.1, -0.05) is 41.6 Å². The number of unbranched alkanes of at least 4 members (excludes halogenated alkanes) is 1. The molecule has 1 aromatic heterocycles. The lowest BCUT2D eigenvalue weighted by atomic mass is 10.2. The minimum atomic E-state index is 0.491. The highest BCUT2D eigenvalue weighted by Gasteiger charge is 2.08. The summed E-state index contributed by atoms with van der Waals surface area (Å²) in [6, 6.07) is 11.9. The largest absolute Gasteiger partial charge is 0.357 e. The lowest BCUT2D eigenvalue weighted by Gasteiger charge is -2.21. The molecule has 5 nitrogen and oxygen atoms in total. The Balaban J connectivity index is 2.00. The number of nitrogens with one attached hydrogen (secondary N) is 1. The van der Waals surface area contributed by atoms with Gasteiger partial charge in [0.25, 0.3) is 0 Å². The van der Waals surface area contributed by atoms with Crippen LogP contribution in [0.25, 0.3) is 11.3 Å². The number of hydrogen-bond donors (Lipinski definition) is 1. The van der Waals surface area contributed by atoms with Crippen molar-refractivity contribution in [3.63, 3.8) is 0 Å². The molecule has 0 saturated heterocycles. The smallest absolute Gasteiger partial charge is 0.194 e. The molecule has 2 rings (SSSR count). The topological polar surface area (TPSA) is 53.7 Å². The molecule has 128 valence electrons. The van der Waals surface area contributed by atoms with Crippen molar-refractivity contribution < 1.29 is 4.52 Å². The average molecular weight is 326 g/mol. The van der Waals surface area contributed by atoms with Gasteiger partial charge >= 0.3 is 0 Å². The Bertz CT molecular complexity index is 648. The first-order valence-corrected chi connectivity index (χ1v) is 8.36. The second-order valence-electron chi connectivity index (χ2n) is 5.57. The van der Waals surface area contributed by atoms with E-state index in [0.717, 1.165) is 48.9 Å². The van der Waals surface area contributed by atoms with Crippen LogP contribution in [-0.4, -0.2) is 36.2 Å². The quantitative estimate of drug-likeness (QED) is 0.348. The van der Waals surface area contributed by atoms with Crippen molar-refractivity contribution in [2.75, 3.05) is 20.1 Å². The predicted octanol–water partition coefficient (Wildman–Crippen LogP) is 3.71. The summed E-state index contributed by atoms with van der Waals surface area (Å²) >= 11 is 0. The number of hydrogen-bond acceptors (Lipinski definition) is 3. The zero-order chi connectivity index (χ0) is 17.2. The fourth-order valence-corrected chi connectivity index (χ4v) is 2.33. The molecule has 0 atom stereocenters. The van der Waals surface area contributed by atoms with E-state index in [-0.39, 0.29) is 0 Å². The Morgan fingerprint density at radius 1 is 1.38 bits per heavy atom. The van der Waals surface area contributed by atoms with Gasteiger partial charge in [0.05, 0.1) is 6.54 Å². The van der Waals surface area contributed by atoms with Crippen LogP contribution in [-0.2, 0) is 6.54 Å². The van der Waals surface area contributed by atoms with Gasteiger partial charge in [-0.2, -0.15) is 0 Å². The fourth-order valence-electron chi connectivity index (χ4n) is 2.33. The Morgan fingerprint density at radius 2 is 2.17 bits per heavy atom. The minimum absolute atomic E-state index is 0.491. The van der Waals surface area contributed by atoms with Crippen LogP contribution in [0.5, 0.6) is 0 Å². The van der Waals surface area contributed by atoms with E-state index in [4.69, 9.17) is 4.52 Å². The van der Waals surface area contributed by atoms with E-state index in [2.05, 4.69) is 33.9 Å². The molecule has 0 saturated carbocycles. The second-order valence-corrected chi connectivity index (χ2v) is 5.57. The molecule has 0 radical (unpaired) electrons. The number of allylic oxidation sites excluding steroid dienone is 1. The summed E-state index contributed by atoms with van der Waals surface area (Å²) in [6.45, 7) is 8.08. The Labute approximate surface area is 144 Å². The first-order valence-electron chi connectivity index (χ1n) is 8.36. The van der Waals surface area contributed by atoms with Crippen molar-refractivity contribution in [3.05, 3.63) is 54.7 Å². The highest BCUT2D eigenvalue weighted by atomic mass is 16.5. The number of benzene rings is 1. The van der Waals surface area contributed by atoms with Gasteiger partial charge in [-0.25, -0.2) is 4.99 Å². The van der Waals surface area contributed by atoms with Crippen molar-refractivity contribution in [2.45, 2.75) is 26.3 Å². The van der Waals surface area contributed by atoms with Gasteiger partial charge in [0.15, 0.2) is 11.7 Å². The summed E-state index contributed by atoms with van der Waals surface area (Å²) in [5, 5.41) is 7.43. The molecular weight excluding hydrogens is 300 g/mol. The second kappa shape index (κ2) is 9.55. The van der Waals surface area contributed by atoms with E-state index >= 15 is 0 Å². The van der Waals surface area contributed by atoms with Gasteiger partial charge in [0.2, 0.25) is 0 Å². The third-order valence-corrected chi connectivity index (χ3v) is 3.61. The first-order chi connectivity index (χ1) is 11.7. The summed E-state index contributed by atoms with van der Waals surface area (Å²) in [5.41, 5.74) is 1.84. The molecule has 0 aliphatic rings. The third-order valence-electron chi connectivity index (χ3n) is 3.61. The number of rotatable bonds is 8. The van der Waals surface area contributed by atoms with Gasteiger partial charge in [0.1, 0.15) is 5.69 Å². The molecule has 1 heterocycles. The normalized spacial score (nSPS) is 11.3. The summed E-state index contributed by atoms with van der Waals surface area (Å²) in [4.78, 5) is 6.78. The number of aliphatic imine (C=N–C) groups is 1. The van der Waals surface area contributed by atoms with Crippen LogP contribution in [0, 0.1) is 0 Å². The molecular formula is C19H26N4O. The molecule has 24 heavy (non-hydrogen) atoms. The van der Waals surface area contributed by atoms with E-state index < -0.39 is 0 Å². The third kappa shape index (κ3) is 5.26. The Morgan fingerprint density at radius 3 is 2.88 bits per heavy atom. The van der Waals surface area contributed by atoms with Gasteiger partial charge in [-0.05, 0) is 19.8 Å². The molecule has 5 heteroatoms. The van der Waals surface area contributed by atoms with Crippen LogP contribution in [0.1, 0.15) is 25.5 Å². The molecule has 0 unspecified atom stereocenters. The molecule has 0 amide bonds. The van der Waals surface area contributed by atoms with Crippen molar-refractivity contribution >= 4 is 5.96 Å². The van der Waals surface area contributed by atoms with Crippen LogP contribution in [0.2, 0.25) is 0 Å². The van der Waals surface area contributed by atoms with Crippen molar-refractivity contribution in [3.8, 4) is 11.3 Å². The number of nitrogens with zero attached hydrogens (tertiary/aromatic N) is 3. The van der Waals surface area contributed by atoms with Crippen molar-refractivity contribution in [1.29, 1.82) is 0 Å². The monoisotopic (exact) mass is 326 g/mol. The van der Waals surface area contributed by atoms with Crippen LogP contribution in [0.3, 0.4) is 0 Å². The van der Waals surface area contributed by atoms with Gasteiger partial charge < -0.3 is 14.7 Å². The maximum atomic E-state index is 5.42. The molecule has 2 aromatic rings. The lowest BCUT2D eigenvalue weighted by molar-refractivity contribution is 0.423. The van der Waals surface area contributed by atoms with E-state index in [0.29, 0.717) is 6.54 Å². The van der Waals surface area contributed by atoms with Crippen molar-refractivity contribution in [1.82, 2.24) is 15.4 Å². The summed E-state index contributed by atoms with van der Waals surface area (Å²) in [7, 11) is 2.04. The highest BCUT2D eigenvalue weighted by Crippen LogP contribution is 2.19. The molecule has 0 aliphatic heterocycles.